The molecule has 0 spiro atoms. The predicted octanol–water partition coefficient (Wildman–Crippen LogP) is 12.3. The lowest BCUT2D eigenvalue weighted by molar-refractivity contribution is -0.0450. The van der Waals surface area contributed by atoms with Crippen molar-refractivity contribution in [1.82, 2.24) is 0 Å². The van der Waals surface area contributed by atoms with Crippen LogP contribution in [0, 0.1) is 23.7 Å². The van der Waals surface area contributed by atoms with E-state index in [0.717, 1.165) is 23.7 Å². The molecule has 0 heteroatoms. The minimum atomic E-state index is 0.222. The smallest absolute Gasteiger partial charge is 0.0221 e. The van der Waals surface area contributed by atoms with Crippen LogP contribution in [0.5, 0.6) is 0 Å². The van der Waals surface area contributed by atoms with Crippen LogP contribution in [0.25, 0.3) is 22.3 Å². The molecule has 230 valence electrons. The van der Waals surface area contributed by atoms with Gasteiger partial charge in [0.25, 0.3) is 0 Å². The molecule has 0 saturated heterocycles. The standard InChI is InChI=1S/C46H46/c1-3-7-34(8-4-1)36-11-15-38(16-12-36)40-19-23-42(24-20-40)46(44-28-32-27-33(30-44)31-45(46)29-32)43-25-21-41(22-26-43)39-17-13-37(14-18-39)35-9-5-2-6-10-35/h1-5,7-9,11-13,15-17,19-21,23-25,32-33,44-45H,6,10,14,18,22,26-31H2. The molecule has 3 aromatic carbocycles. The van der Waals surface area contributed by atoms with Crippen molar-refractivity contribution >= 4 is 0 Å². The Balaban J connectivity index is 1.03. The van der Waals surface area contributed by atoms with Gasteiger partial charge in [0.2, 0.25) is 0 Å². The van der Waals surface area contributed by atoms with Gasteiger partial charge in [0.15, 0.2) is 0 Å². The largest absolute Gasteiger partial charge is 0.0842 e. The summed E-state index contributed by atoms with van der Waals surface area (Å²) in [5.41, 5.74) is 15.1. The van der Waals surface area contributed by atoms with Gasteiger partial charge in [-0.15, -0.1) is 0 Å². The molecule has 0 N–H and O–H groups in total. The van der Waals surface area contributed by atoms with Crippen molar-refractivity contribution in [3.05, 3.63) is 155 Å². The Hall–Kier alpha value is -3.90. The molecular weight excluding hydrogens is 553 g/mol. The zero-order valence-electron chi connectivity index (χ0n) is 27.1. The van der Waals surface area contributed by atoms with Crippen molar-refractivity contribution < 1.29 is 0 Å². The van der Waals surface area contributed by atoms with E-state index in [4.69, 9.17) is 0 Å². The van der Waals surface area contributed by atoms with Gasteiger partial charge in [-0.3, -0.25) is 0 Å². The van der Waals surface area contributed by atoms with E-state index in [1.165, 1.54) is 92.9 Å². The molecule has 0 amide bonds. The number of allylic oxidation sites excluding steroid dienone is 12. The third kappa shape index (κ3) is 4.88. The Morgan fingerprint density at radius 2 is 0.935 bits per heavy atom. The van der Waals surface area contributed by atoms with Crippen molar-refractivity contribution in [1.29, 1.82) is 0 Å². The number of benzene rings is 3. The maximum atomic E-state index is 2.62. The average Bonchev–Trinajstić information content (AvgIpc) is 3.13. The van der Waals surface area contributed by atoms with Gasteiger partial charge < -0.3 is 0 Å². The fourth-order valence-electron chi connectivity index (χ4n) is 10.8. The van der Waals surface area contributed by atoms with Crippen LogP contribution >= 0.6 is 0 Å². The van der Waals surface area contributed by atoms with E-state index in [-0.39, 0.29) is 5.41 Å². The third-order valence-electron chi connectivity index (χ3n) is 12.8. The van der Waals surface area contributed by atoms with Crippen LogP contribution in [0.4, 0.5) is 0 Å². The molecule has 10 rings (SSSR count). The maximum Gasteiger partial charge on any atom is 0.0221 e. The summed E-state index contributed by atoms with van der Waals surface area (Å²) in [6.45, 7) is 0. The van der Waals surface area contributed by atoms with Crippen LogP contribution < -0.4 is 0 Å². The molecule has 4 fully saturated rings. The summed E-state index contributed by atoms with van der Waals surface area (Å²) in [5, 5.41) is 0. The molecular formula is C46H46. The summed E-state index contributed by atoms with van der Waals surface area (Å²) in [7, 11) is 0. The van der Waals surface area contributed by atoms with Crippen LogP contribution in [-0.4, -0.2) is 0 Å². The van der Waals surface area contributed by atoms with E-state index < -0.39 is 0 Å². The van der Waals surface area contributed by atoms with Gasteiger partial charge in [0.05, 0.1) is 0 Å². The third-order valence-corrected chi connectivity index (χ3v) is 12.8. The van der Waals surface area contributed by atoms with Crippen molar-refractivity contribution in [3.8, 4) is 22.3 Å². The lowest BCUT2D eigenvalue weighted by Gasteiger charge is -2.63. The van der Waals surface area contributed by atoms with E-state index in [1.54, 1.807) is 33.4 Å². The average molecular weight is 599 g/mol. The van der Waals surface area contributed by atoms with Gasteiger partial charge in [-0.1, -0.05) is 127 Å². The quantitative estimate of drug-likeness (QED) is 0.265. The van der Waals surface area contributed by atoms with Crippen molar-refractivity contribution in [3.63, 3.8) is 0 Å². The van der Waals surface area contributed by atoms with Gasteiger partial charge in [0, 0.05) is 5.41 Å². The zero-order valence-corrected chi connectivity index (χ0v) is 27.1. The molecule has 4 saturated carbocycles. The number of hydrogen-bond donors (Lipinski definition) is 0. The minimum absolute atomic E-state index is 0.222. The first kappa shape index (κ1) is 28.3. The van der Waals surface area contributed by atoms with Gasteiger partial charge in [-0.25, -0.2) is 0 Å². The first-order valence-corrected chi connectivity index (χ1v) is 18.2. The topological polar surface area (TPSA) is 0 Å². The minimum Gasteiger partial charge on any atom is -0.0842 e. The van der Waals surface area contributed by atoms with Gasteiger partial charge >= 0.3 is 0 Å². The summed E-state index contributed by atoms with van der Waals surface area (Å²) in [6.07, 6.45) is 31.4. The summed E-state index contributed by atoms with van der Waals surface area (Å²) in [6, 6.07) is 29.8. The summed E-state index contributed by atoms with van der Waals surface area (Å²) in [5.74, 6) is 3.55. The molecule has 0 heterocycles. The van der Waals surface area contributed by atoms with E-state index in [0.29, 0.717) is 0 Å². The second-order valence-electron chi connectivity index (χ2n) is 15.1. The molecule has 0 aromatic heterocycles. The monoisotopic (exact) mass is 598 g/mol. The van der Waals surface area contributed by atoms with Crippen LogP contribution in [0.1, 0.15) is 76.2 Å². The molecule has 0 atom stereocenters. The Labute approximate surface area is 276 Å². The Kier molecular flexibility index (Phi) is 7.22. The first-order valence-electron chi connectivity index (χ1n) is 18.2. The van der Waals surface area contributed by atoms with Gasteiger partial charge in [-0.2, -0.15) is 0 Å². The zero-order chi connectivity index (χ0) is 30.5. The highest BCUT2D eigenvalue weighted by molar-refractivity contribution is 5.71. The van der Waals surface area contributed by atoms with Crippen molar-refractivity contribution in [2.75, 3.05) is 0 Å². The second kappa shape index (κ2) is 11.7. The molecule has 7 aliphatic rings. The molecule has 7 aliphatic carbocycles. The number of rotatable bonds is 6. The van der Waals surface area contributed by atoms with E-state index in [9.17, 15) is 0 Å². The van der Waals surface area contributed by atoms with Crippen LogP contribution in [-0.2, 0) is 5.41 Å². The summed E-state index contributed by atoms with van der Waals surface area (Å²) in [4.78, 5) is 0. The van der Waals surface area contributed by atoms with Crippen LogP contribution in [0.3, 0.4) is 0 Å². The molecule has 0 radical (unpaired) electrons. The highest BCUT2D eigenvalue weighted by atomic mass is 14.6. The predicted molar refractivity (Wildman–Crippen MR) is 193 cm³/mol. The molecule has 3 aromatic rings. The highest BCUT2D eigenvalue weighted by Gasteiger charge is 2.59. The fourth-order valence-corrected chi connectivity index (χ4v) is 10.8. The highest BCUT2D eigenvalue weighted by Crippen LogP contribution is 2.66. The molecule has 0 nitrogen and oxygen atoms in total. The Morgan fingerprint density at radius 1 is 0.435 bits per heavy atom. The normalized spacial score (nSPS) is 29.9. The molecule has 46 heavy (non-hydrogen) atoms. The lowest BCUT2D eigenvalue weighted by atomic mass is 9.41. The molecule has 0 aliphatic heterocycles. The number of hydrogen-bond acceptors (Lipinski definition) is 0. The Morgan fingerprint density at radius 3 is 1.43 bits per heavy atom. The maximum absolute atomic E-state index is 2.62. The first-order chi connectivity index (χ1) is 22.7. The SMILES string of the molecule is C1=CCCC(C2=CC=C(C3=CC=C(C4(c5ccc(-c6ccc(-c7ccccc7)cc6)cc5)C5CC6CC(C5)CC4C6)CC3)CC2)=C1. The van der Waals surface area contributed by atoms with Crippen LogP contribution in [0.2, 0.25) is 0 Å². The Bertz CT molecular complexity index is 1770. The lowest BCUT2D eigenvalue weighted by Crippen LogP contribution is -2.56. The van der Waals surface area contributed by atoms with Gasteiger partial charge in [0.1, 0.15) is 0 Å². The summed E-state index contributed by atoms with van der Waals surface area (Å²) >= 11 is 0. The second-order valence-corrected chi connectivity index (χ2v) is 15.1. The van der Waals surface area contributed by atoms with E-state index in [1.807, 2.05) is 0 Å². The van der Waals surface area contributed by atoms with Crippen molar-refractivity contribution in [2.24, 2.45) is 23.7 Å². The molecule has 4 bridgehead atoms. The summed E-state index contributed by atoms with van der Waals surface area (Å²) < 4.78 is 0. The molecule has 0 unspecified atom stereocenters. The van der Waals surface area contributed by atoms with Gasteiger partial charge in [-0.05, 0) is 144 Å². The van der Waals surface area contributed by atoms with Crippen molar-refractivity contribution in [2.45, 2.75) is 76.0 Å². The van der Waals surface area contributed by atoms with E-state index >= 15 is 0 Å². The van der Waals surface area contributed by atoms with Crippen LogP contribution in [0.15, 0.2) is 149 Å². The van der Waals surface area contributed by atoms with E-state index in [2.05, 4.69) is 121 Å². The fraction of sp³-hybridized carbons (Fsp3) is 0.348.